The summed E-state index contributed by atoms with van der Waals surface area (Å²) in [4.78, 5) is 0. The molecule has 132 valence electrons. The molecular formula is C24H21N3. The molecule has 1 N–H and O–H groups in total. The number of nitrogens with one attached hydrogen (secondary N) is 1. The Morgan fingerprint density at radius 3 is 2.22 bits per heavy atom. The Balaban J connectivity index is 1.49. The quantitative estimate of drug-likeness (QED) is 0.672. The number of hydrogen-bond donors (Lipinski definition) is 1. The first-order valence-corrected chi connectivity index (χ1v) is 9.69. The van der Waals surface area contributed by atoms with Gasteiger partial charge in [0.1, 0.15) is 0 Å². The van der Waals surface area contributed by atoms with Crippen molar-refractivity contribution in [3.63, 3.8) is 0 Å². The van der Waals surface area contributed by atoms with Crippen molar-refractivity contribution in [3.8, 4) is 0 Å². The van der Waals surface area contributed by atoms with Crippen LogP contribution >= 0.6 is 0 Å². The van der Waals surface area contributed by atoms with Gasteiger partial charge in [-0.1, -0.05) is 54.6 Å². The third-order valence-corrected chi connectivity index (χ3v) is 5.96. The molecule has 27 heavy (non-hydrogen) atoms. The van der Waals surface area contributed by atoms with Gasteiger partial charge in [0.25, 0.3) is 0 Å². The van der Waals surface area contributed by atoms with Crippen LogP contribution in [0.4, 0.5) is 17.1 Å². The van der Waals surface area contributed by atoms with E-state index in [9.17, 15) is 0 Å². The Kier molecular flexibility index (Phi) is 3.12. The molecule has 0 aromatic heterocycles. The van der Waals surface area contributed by atoms with Gasteiger partial charge in [0.2, 0.25) is 0 Å². The van der Waals surface area contributed by atoms with Crippen molar-refractivity contribution in [1.82, 2.24) is 0 Å². The third-order valence-electron chi connectivity index (χ3n) is 5.96. The van der Waals surface area contributed by atoms with Crippen LogP contribution in [0.2, 0.25) is 0 Å². The average Bonchev–Trinajstić information content (AvgIpc) is 3.41. The molecule has 3 aliphatic rings. The zero-order valence-corrected chi connectivity index (χ0v) is 15.2. The van der Waals surface area contributed by atoms with E-state index in [-0.39, 0.29) is 0 Å². The molecule has 3 aromatic rings. The SMILES string of the molecule is c1ccc2c(c1)CC(=C1Cc3ccccc3N1N1CCc3ccccc31)N2. The minimum atomic E-state index is 0.977. The molecule has 0 bridgehead atoms. The fraction of sp³-hybridized carbons (Fsp3) is 0.167. The fourth-order valence-electron chi connectivity index (χ4n) is 4.67. The average molecular weight is 351 g/mol. The van der Waals surface area contributed by atoms with Crippen molar-refractivity contribution >= 4 is 17.1 Å². The zero-order chi connectivity index (χ0) is 17.8. The van der Waals surface area contributed by atoms with Crippen LogP contribution in [0.15, 0.2) is 84.2 Å². The van der Waals surface area contributed by atoms with Crippen molar-refractivity contribution in [2.45, 2.75) is 19.3 Å². The second-order valence-electron chi connectivity index (χ2n) is 7.50. The Labute approximate surface area is 159 Å². The number of allylic oxidation sites excluding steroid dienone is 2. The number of nitrogens with zero attached hydrogens (tertiary/aromatic N) is 2. The van der Waals surface area contributed by atoms with Gasteiger partial charge in [-0.15, -0.1) is 0 Å². The Morgan fingerprint density at radius 1 is 0.667 bits per heavy atom. The van der Waals surface area contributed by atoms with Crippen LogP contribution in [0.1, 0.15) is 16.7 Å². The molecule has 3 aromatic carbocycles. The van der Waals surface area contributed by atoms with Gasteiger partial charge in [-0.3, -0.25) is 10.0 Å². The van der Waals surface area contributed by atoms with Crippen LogP contribution in [0.3, 0.4) is 0 Å². The summed E-state index contributed by atoms with van der Waals surface area (Å²) in [6, 6.07) is 26.3. The maximum Gasteiger partial charge on any atom is 0.0665 e. The van der Waals surface area contributed by atoms with Crippen molar-refractivity contribution in [3.05, 3.63) is 101 Å². The van der Waals surface area contributed by atoms with Crippen molar-refractivity contribution in [2.75, 3.05) is 21.9 Å². The van der Waals surface area contributed by atoms with E-state index in [4.69, 9.17) is 0 Å². The van der Waals surface area contributed by atoms with Gasteiger partial charge in [-0.2, -0.15) is 0 Å². The van der Waals surface area contributed by atoms with Crippen molar-refractivity contribution in [2.24, 2.45) is 0 Å². The first kappa shape index (κ1) is 14.9. The molecule has 0 spiro atoms. The Bertz CT molecular complexity index is 1060. The van der Waals surface area contributed by atoms with E-state index in [0.29, 0.717) is 0 Å². The van der Waals surface area contributed by atoms with Crippen LogP contribution in [0, 0.1) is 0 Å². The molecule has 0 saturated carbocycles. The lowest BCUT2D eigenvalue weighted by Crippen LogP contribution is -2.40. The number of rotatable bonds is 1. The van der Waals surface area contributed by atoms with Crippen molar-refractivity contribution < 1.29 is 0 Å². The molecule has 0 fully saturated rings. The summed E-state index contributed by atoms with van der Waals surface area (Å²) in [6.45, 7) is 1.03. The molecule has 0 unspecified atom stereocenters. The van der Waals surface area contributed by atoms with Gasteiger partial charge >= 0.3 is 0 Å². The van der Waals surface area contributed by atoms with E-state index in [0.717, 1.165) is 25.8 Å². The molecule has 3 aliphatic heterocycles. The van der Waals surface area contributed by atoms with Crippen LogP contribution in [-0.2, 0) is 19.3 Å². The van der Waals surface area contributed by atoms with Crippen molar-refractivity contribution in [1.29, 1.82) is 0 Å². The summed E-state index contributed by atoms with van der Waals surface area (Å²) in [5.41, 5.74) is 10.8. The van der Waals surface area contributed by atoms with E-state index in [1.54, 1.807) is 0 Å². The highest BCUT2D eigenvalue weighted by Gasteiger charge is 2.35. The summed E-state index contributed by atoms with van der Waals surface area (Å²) in [7, 11) is 0. The van der Waals surface area contributed by atoms with Crippen LogP contribution in [-0.4, -0.2) is 6.54 Å². The zero-order valence-electron chi connectivity index (χ0n) is 15.2. The summed E-state index contributed by atoms with van der Waals surface area (Å²) in [5, 5.41) is 8.63. The molecule has 0 radical (unpaired) electrons. The fourth-order valence-corrected chi connectivity index (χ4v) is 4.67. The second kappa shape index (κ2) is 5.65. The van der Waals surface area contributed by atoms with Gasteiger partial charge in [-0.25, -0.2) is 0 Å². The molecule has 0 amide bonds. The van der Waals surface area contributed by atoms with Gasteiger partial charge in [0.15, 0.2) is 0 Å². The number of anilines is 3. The lowest BCUT2D eigenvalue weighted by molar-refractivity contribution is 0.811. The molecule has 0 aliphatic carbocycles. The highest BCUT2D eigenvalue weighted by Crippen LogP contribution is 2.43. The molecule has 3 nitrogen and oxygen atoms in total. The topological polar surface area (TPSA) is 18.5 Å². The van der Waals surface area contributed by atoms with E-state index in [2.05, 4.69) is 88.1 Å². The Morgan fingerprint density at radius 2 is 1.37 bits per heavy atom. The maximum atomic E-state index is 3.70. The predicted molar refractivity (Wildman–Crippen MR) is 111 cm³/mol. The van der Waals surface area contributed by atoms with E-state index in [1.165, 1.54) is 45.1 Å². The number of benzene rings is 3. The molecule has 6 rings (SSSR count). The molecule has 0 saturated heterocycles. The largest absolute Gasteiger partial charge is 0.357 e. The van der Waals surface area contributed by atoms with E-state index in [1.807, 2.05) is 0 Å². The lowest BCUT2D eigenvalue weighted by atomic mass is 10.1. The summed E-state index contributed by atoms with van der Waals surface area (Å²) < 4.78 is 0. The minimum Gasteiger partial charge on any atom is -0.357 e. The number of fused-ring (bicyclic) bond motifs is 3. The molecule has 3 heteroatoms. The lowest BCUT2D eigenvalue weighted by Gasteiger charge is -2.34. The highest BCUT2D eigenvalue weighted by atomic mass is 15.6. The number of hydrogen-bond acceptors (Lipinski definition) is 3. The first-order valence-electron chi connectivity index (χ1n) is 9.69. The number of para-hydroxylation sites is 3. The van der Waals surface area contributed by atoms with Crippen LogP contribution in [0.5, 0.6) is 0 Å². The van der Waals surface area contributed by atoms with Gasteiger partial charge in [-0.05, 0) is 41.3 Å². The molecule has 0 atom stereocenters. The van der Waals surface area contributed by atoms with E-state index < -0.39 is 0 Å². The minimum absolute atomic E-state index is 0.977. The maximum absolute atomic E-state index is 3.70. The second-order valence-corrected chi connectivity index (χ2v) is 7.50. The third kappa shape index (κ3) is 2.21. The van der Waals surface area contributed by atoms with Gasteiger partial charge < -0.3 is 5.32 Å². The van der Waals surface area contributed by atoms with Gasteiger partial charge in [0.05, 0.1) is 17.1 Å². The summed E-state index contributed by atoms with van der Waals surface area (Å²) >= 11 is 0. The van der Waals surface area contributed by atoms with Gasteiger partial charge in [0, 0.05) is 30.8 Å². The smallest absolute Gasteiger partial charge is 0.0665 e. The Hall–Kier alpha value is -3.20. The van der Waals surface area contributed by atoms with Crippen LogP contribution in [0.25, 0.3) is 0 Å². The summed E-state index contributed by atoms with van der Waals surface area (Å²) in [5.74, 6) is 0. The standard InChI is InChI=1S/C24H21N3/c1-4-10-20-18(8-1)15-21(25-20)24-16-19-9-3-6-12-23(19)27(24)26-14-13-17-7-2-5-11-22(17)26/h1-12,25H,13-16H2. The van der Waals surface area contributed by atoms with E-state index >= 15 is 0 Å². The normalized spacial score (nSPS) is 19.7. The summed E-state index contributed by atoms with van der Waals surface area (Å²) in [6.07, 6.45) is 3.06. The number of hydrazine groups is 1. The molecule has 3 heterocycles. The molecular weight excluding hydrogens is 330 g/mol. The monoisotopic (exact) mass is 351 g/mol. The first-order chi connectivity index (χ1) is 13.4. The predicted octanol–water partition coefficient (Wildman–Crippen LogP) is 4.91. The highest BCUT2D eigenvalue weighted by molar-refractivity contribution is 5.75. The van der Waals surface area contributed by atoms with Crippen LogP contribution < -0.4 is 15.3 Å².